The number of benzene rings is 1. The summed E-state index contributed by atoms with van der Waals surface area (Å²) in [5.41, 5.74) is 0.0682. The van der Waals surface area contributed by atoms with Crippen LogP contribution in [-0.2, 0) is 6.42 Å². The van der Waals surface area contributed by atoms with Gasteiger partial charge in [-0.2, -0.15) is 5.10 Å². The van der Waals surface area contributed by atoms with Gasteiger partial charge >= 0.3 is 6.03 Å². The Balaban J connectivity index is 1.60. The molecule has 0 aliphatic carbocycles. The molecule has 2 heterocycles. The fourth-order valence-corrected chi connectivity index (χ4v) is 2.97. The quantitative estimate of drug-likeness (QED) is 0.891. The Labute approximate surface area is 145 Å². The molecule has 134 valence electrons. The molecule has 1 fully saturated rings. The van der Waals surface area contributed by atoms with Gasteiger partial charge in [-0.15, -0.1) is 0 Å². The van der Waals surface area contributed by atoms with E-state index in [-0.39, 0.29) is 17.6 Å². The minimum atomic E-state index is -0.518. The maximum Gasteiger partial charge on any atom is 0.322 e. The summed E-state index contributed by atoms with van der Waals surface area (Å²) in [6.07, 6.45) is 2.38. The van der Waals surface area contributed by atoms with Crippen molar-refractivity contribution in [1.29, 1.82) is 0 Å². The molecule has 0 bridgehead atoms. The molecule has 3 rings (SSSR count). The van der Waals surface area contributed by atoms with E-state index in [2.05, 4.69) is 20.5 Å². The number of hydrogen-bond acceptors (Lipinski definition) is 4. The molecule has 0 saturated carbocycles. The Bertz CT molecular complexity index is 740. The van der Waals surface area contributed by atoms with Crippen LogP contribution in [-0.4, -0.2) is 46.3 Å². The largest absolute Gasteiger partial charge is 0.494 e. The Morgan fingerprint density at radius 2 is 2.20 bits per heavy atom. The highest BCUT2D eigenvalue weighted by molar-refractivity contribution is 5.91. The number of H-pyrrole nitrogens is 1. The Morgan fingerprint density at radius 1 is 1.44 bits per heavy atom. The van der Waals surface area contributed by atoms with Gasteiger partial charge in [0.25, 0.3) is 0 Å². The highest BCUT2D eigenvalue weighted by Gasteiger charge is 2.27. The summed E-state index contributed by atoms with van der Waals surface area (Å²) < 4.78 is 19.1. The summed E-state index contributed by atoms with van der Waals surface area (Å²) in [4.78, 5) is 18.6. The average molecular weight is 347 g/mol. The van der Waals surface area contributed by atoms with E-state index in [0.29, 0.717) is 18.8 Å². The number of hydrogen-bond donors (Lipinski definition) is 2. The summed E-state index contributed by atoms with van der Waals surface area (Å²) in [6, 6.07) is 4.11. The molecule has 1 aromatic heterocycles. The van der Waals surface area contributed by atoms with Crippen molar-refractivity contribution in [2.45, 2.75) is 32.1 Å². The molecule has 2 amide bonds. The Kier molecular flexibility index (Phi) is 5.16. The van der Waals surface area contributed by atoms with Gasteiger partial charge in [0.1, 0.15) is 17.3 Å². The van der Waals surface area contributed by atoms with E-state index >= 15 is 0 Å². The Hall–Kier alpha value is -2.64. The molecule has 2 N–H and O–H groups in total. The number of carbonyl (C=O) groups is 1. The van der Waals surface area contributed by atoms with Crippen LogP contribution in [0, 0.1) is 5.82 Å². The first kappa shape index (κ1) is 17.2. The molecule has 1 aliphatic heterocycles. The van der Waals surface area contributed by atoms with Crippen molar-refractivity contribution in [2.75, 3.05) is 25.5 Å². The van der Waals surface area contributed by atoms with Crippen LogP contribution in [0.3, 0.4) is 0 Å². The third-order valence-corrected chi connectivity index (χ3v) is 4.46. The average Bonchev–Trinajstić information content (AvgIpc) is 3.12. The maximum atomic E-state index is 14.0. The SMILES string of the molecule is CCc1nc(C2CCN(C(=O)Nc3c(F)cccc3OC)CC2)n[nH]1. The van der Waals surface area contributed by atoms with Crippen LogP contribution < -0.4 is 10.1 Å². The second-order valence-corrected chi connectivity index (χ2v) is 6.00. The number of amides is 2. The van der Waals surface area contributed by atoms with Gasteiger partial charge in [0.05, 0.1) is 7.11 Å². The summed E-state index contributed by atoms with van der Waals surface area (Å²) >= 11 is 0. The number of aromatic nitrogens is 3. The van der Waals surface area contributed by atoms with E-state index in [0.717, 1.165) is 30.9 Å². The smallest absolute Gasteiger partial charge is 0.322 e. The molecule has 2 aromatic rings. The van der Waals surface area contributed by atoms with E-state index in [1.807, 2.05) is 6.92 Å². The fraction of sp³-hybridized carbons (Fsp3) is 0.471. The maximum absolute atomic E-state index is 14.0. The fourth-order valence-electron chi connectivity index (χ4n) is 2.97. The van der Waals surface area contributed by atoms with E-state index in [1.54, 1.807) is 11.0 Å². The molecule has 8 heteroatoms. The number of rotatable bonds is 4. The van der Waals surface area contributed by atoms with Crippen LogP contribution in [0.1, 0.15) is 37.3 Å². The standard InChI is InChI=1S/C17H22FN5O2/c1-3-14-19-16(22-21-14)11-7-9-23(10-8-11)17(24)20-15-12(18)5-4-6-13(15)25-2/h4-6,11H,3,7-10H2,1-2H3,(H,20,24)(H,19,21,22). The normalized spacial score (nSPS) is 15.2. The molecule has 0 radical (unpaired) electrons. The molecule has 1 aliphatic rings. The van der Waals surface area contributed by atoms with Crippen molar-refractivity contribution in [3.05, 3.63) is 35.7 Å². The summed E-state index contributed by atoms with van der Waals surface area (Å²) in [5, 5.41) is 9.81. The number of likely N-dealkylation sites (tertiary alicyclic amines) is 1. The summed E-state index contributed by atoms with van der Waals surface area (Å²) in [7, 11) is 1.44. The van der Waals surface area contributed by atoms with E-state index < -0.39 is 5.82 Å². The number of nitrogens with zero attached hydrogens (tertiary/aromatic N) is 3. The number of ether oxygens (including phenoxy) is 1. The number of urea groups is 1. The monoisotopic (exact) mass is 347 g/mol. The van der Waals surface area contributed by atoms with E-state index in [1.165, 1.54) is 19.2 Å². The van der Waals surface area contributed by atoms with Crippen molar-refractivity contribution in [2.24, 2.45) is 0 Å². The van der Waals surface area contributed by atoms with Crippen LogP contribution in [0.5, 0.6) is 5.75 Å². The number of aromatic amines is 1. The van der Waals surface area contributed by atoms with Gasteiger partial charge in [-0.3, -0.25) is 5.10 Å². The molecular formula is C17H22FN5O2. The first-order chi connectivity index (χ1) is 12.1. The summed E-state index contributed by atoms with van der Waals surface area (Å²) in [5.74, 6) is 1.71. The number of nitrogens with one attached hydrogen (secondary N) is 2. The first-order valence-corrected chi connectivity index (χ1v) is 8.42. The van der Waals surface area contributed by atoms with Gasteiger partial charge in [-0.05, 0) is 25.0 Å². The topological polar surface area (TPSA) is 83.1 Å². The van der Waals surface area contributed by atoms with Crippen molar-refractivity contribution in [3.63, 3.8) is 0 Å². The second kappa shape index (κ2) is 7.50. The van der Waals surface area contributed by atoms with Gasteiger partial charge in [-0.1, -0.05) is 13.0 Å². The van der Waals surface area contributed by atoms with Gasteiger partial charge in [-0.25, -0.2) is 14.2 Å². The molecule has 0 unspecified atom stereocenters. The van der Waals surface area contributed by atoms with Crippen LogP contribution >= 0.6 is 0 Å². The lowest BCUT2D eigenvalue weighted by Gasteiger charge is -2.31. The molecule has 25 heavy (non-hydrogen) atoms. The lowest BCUT2D eigenvalue weighted by atomic mass is 9.96. The zero-order chi connectivity index (χ0) is 17.8. The van der Waals surface area contributed by atoms with Crippen molar-refractivity contribution in [1.82, 2.24) is 20.1 Å². The molecule has 1 aromatic carbocycles. The molecular weight excluding hydrogens is 325 g/mol. The highest BCUT2D eigenvalue weighted by Crippen LogP contribution is 2.29. The lowest BCUT2D eigenvalue weighted by Crippen LogP contribution is -2.40. The van der Waals surface area contributed by atoms with Crippen LogP contribution in [0.15, 0.2) is 18.2 Å². The van der Waals surface area contributed by atoms with Gasteiger partial charge < -0.3 is 15.0 Å². The lowest BCUT2D eigenvalue weighted by molar-refractivity contribution is 0.193. The van der Waals surface area contributed by atoms with Gasteiger partial charge in [0.2, 0.25) is 0 Å². The minimum absolute atomic E-state index is 0.0682. The predicted octanol–water partition coefficient (Wildman–Crippen LogP) is 2.93. The number of methoxy groups -OCH3 is 1. The van der Waals surface area contributed by atoms with Gasteiger partial charge in [0.15, 0.2) is 11.6 Å². The number of carbonyl (C=O) groups excluding carboxylic acids is 1. The minimum Gasteiger partial charge on any atom is -0.494 e. The zero-order valence-electron chi connectivity index (χ0n) is 14.4. The van der Waals surface area contributed by atoms with Crippen LogP contribution in [0.2, 0.25) is 0 Å². The molecule has 0 atom stereocenters. The highest BCUT2D eigenvalue weighted by atomic mass is 19.1. The number of anilines is 1. The van der Waals surface area contributed by atoms with Gasteiger partial charge in [0, 0.05) is 25.4 Å². The summed E-state index contributed by atoms with van der Waals surface area (Å²) in [6.45, 7) is 3.17. The van der Waals surface area contributed by atoms with Crippen molar-refractivity contribution < 1.29 is 13.9 Å². The number of halogens is 1. The molecule has 0 spiro atoms. The first-order valence-electron chi connectivity index (χ1n) is 8.42. The van der Waals surface area contributed by atoms with Crippen molar-refractivity contribution >= 4 is 11.7 Å². The van der Waals surface area contributed by atoms with Crippen LogP contribution in [0.25, 0.3) is 0 Å². The Morgan fingerprint density at radius 3 is 2.84 bits per heavy atom. The zero-order valence-corrected chi connectivity index (χ0v) is 14.4. The number of aryl methyl sites for hydroxylation is 1. The van der Waals surface area contributed by atoms with E-state index in [9.17, 15) is 9.18 Å². The second-order valence-electron chi connectivity index (χ2n) is 6.00. The third-order valence-electron chi connectivity index (χ3n) is 4.46. The number of piperidine rings is 1. The van der Waals surface area contributed by atoms with Crippen LogP contribution in [0.4, 0.5) is 14.9 Å². The molecule has 1 saturated heterocycles. The third kappa shape index (κ3) is 3.72. The predicted molar refractivity (Wildman–Crippen MR) is 91.3 cm³/mol. The number of para-hydroxylation sites is 1. The van der Waals surface area contributed by atoms with E-state index in [4.69, 9.17) is 4.74 Å². The molecule has 7 nitrogen and oxygen atoms in total. The van der Waals surface area contributed by atoms with Crippen molar-refractivity contribution in [3.8, 4) is 5.75 Å².